The summed E-state index contributed by atoms with van der Waals surface area (Å²) in [4.78, 5) is 41.7. The van der Waals surface area contributed by atoms with Crippen LogP contribution in [0.2, 0.25) is 0 Å². The van der Waals surface area contributed by atoms with Crippen LogP contribution in [0.4, 0.5) is 0 Å². The number of amides is 2. The van der Waals surface area contributed by atoms with Crippen LogP contribution in [0.15, 0.2) is 28.9 Å². The van der Waals surface area contributed by atoms with Crippen LogP contribution in [-0.4, -0.2) is 51.4 Å². The highest BCUT2D eigenvalue weighted by Crippen LogP contribution is 2.20. The molecule has 9 nitrogen and oxygen atoms in total. The van der Waals surface area contributed by atoms with E-state index in [1.54, 1.807) is 11.1 Å². The van der Waals surface area contributed by atoms with Gasteiger partial charge in [0.15, 0.2) is 5.89 Å². The van der Waals surface area contributed by atoms with Crippen LogP contribution < -0.4 is 5.32 Å². The SMILES string of the molecule is CC(=O)NCC(=O)N1CCc2oc(CCc3cccnc3)nc2C1.O=CO. The third-order valence-corrected chi connectivity index (χ3v) is 3.96. The summed E-state index contributed by atoms with van der Waals surface area (Å²) in [5.41, 5.74) is 1.96. The zero-order valence-electron chi connectivity index (χ0n) is 15.1. The molecule has 144 valence electrons. The molecule has 27 heavy (non-hydrogen) atoms. The Bertz CT molecular complexity index is 775. The van der Waals surface area contributed by atoms with E-state index in [-0.39, 0.29) is 24.8 Å². The van der Waals surface area contributed by atoms with Crippen LogP contribution in [-0.2, 0) is 40.2 Å². The molecule has 0 bridgehead atoms. The van der Waals surface area contributed by atoms with Crippen molar-refractivity contribution in [1.82, 2.24) is 20.2 Å². The lowest BCUT2D eigenvalue weighted by Crippen LogP contribution is -2.42. The van der Waals surface area contributed by atoms with Gasteiger partial charge in [0, 0.05) is 38.7 Å². The van der Waals surface area contributed by atoms with Crippen molar-refractivity contribution in [2.24, 2.45) is 0 Å². The number of rotatable bonds is 5. The first-order chi connectivity index (χ1) is 13.0. The number of hydrogen-bond donors (Lipinski definition) is 2. The zero-order valence-corrected chi connectivity index (χ0v) is 15.1. The predicted octanol–water partition coefficient (Wildman–Crippen LogP) is 0.576. The molecule has 2 N–H and O–H groups in total. The molecule has 2 aromatic rings. The fraction of sp³-hybridized carbons (Fsp3) is 0.389. The van der Waals surface area contributed by atoms with Crippen LogP contribution >= 0.6 is 0 Å². The molecule has 0 atom stereocenters. The van der Waals surface area contributed by atoms with Crippen molar-refractivity contribution < 1.29 is 23.9 Å². The summed E-state index contributed by atoms with van der Waals surface area (Å²) in [6.45, 7) is 2.19. The average molecular weight is 374 g/mol. The van der Waals surface area contributed by atoms with Gasteiger partial charge >= 0.3 is 0 Å². The molecule has 0 radical (unpaired) electrons. The normalized spacial score (nSPS) is 12.4. The fourth-order valence-electron chi connectivity index (χ4n) is 2.68. The topological polar surface area (TPSA) is 126 Å². The minimum atomic E-state index is -0.250. The van der Waals surface area contributed by atoms with E-state index in [0.29, 0.717) is 31.8 Å². The minimum absolute atomic E-state index is 0.0242. The lowest BCUT2D eigenvalue weighted by atomic mass is 10.1. The molecule has 9 heteroatoms. The first-order valence-corrected chi connectivity index (χ1v) is 8.50. The van der Waals surface area contributed by atoms with Crippen molar-refractivity contribution in [3.8, 4) is 0 Å². The number of fused-ring (bicyclic) bond motifs is 1. The van der Waals surface area contributed by atoms with Crippen LogP contribution in [0.1, 0.15) is 29.8 Å². The number of aromatic nitrogens is 2. The van der Waals surface area contributed by atoms with Gasteiger partial charge < -0.3 is 19.7 Å². The second-order valence-corrected chi connectivity index (χ2v) is 5.92. The largest absolute Gasteiger partial charge is 0.483 e. The molecule has 3 heterocycles. The van der Waals surface area contributed by atoms with E-state index in [9.17, 15) is 9.59 Å². The molecular formula is C18H22N4O5. The summed E-state index contributed by atoms with van der Waals surface area (Å²) < 4.78 is 5.81. The molecule has 0 unspecified atom stereocenters. The quantitative estimate of drug-likeness (QED) is 0.733. The second-order valence-electron chi connectivity index (χ2n) is 5.92. The van der Waals surface area contributed by atoms with Gasteiger partial charge in [-0.1, -0.05) is 6.07 Å². The molecule has 0 saturated heterocycles. The van der Waals surface area contributed by atoms with E-state index in [0.717, 1.165) is 23.4 Å². The highest BCUT2D eigenvalue weighted by atomic mass is 16.4. The maximum absolute atomic E-state index is 12.1. The molecule has 0 aliphatic carbocycles. The standard InChI is InChI=1S/C17H20N4O3.CH2O2/c1-12(22)19-10-17(23)21-8-6-15-14(11-21)20-16(24-15)5-4-13-3-2-7-18-9-13;2-1-3/h2-3,7,9H,4-6,8,10-11H2,1H3,(H,19,22);1H,(H,2,3). The molecule has 1 aliphatic heterocycles. The van der Waals surface area contributed by atoms with Crippen molar-refractivity contribution in [2.45, 2.75) is 32.7 Å². The van der Waals surface area contributed by atoms with Crippen LogP contribution in [0.3, 0.4) is 0 Å². The van der Waals surface area contributed by atoms with E-state index in [1.807, 2.05) is 18.3 Å². The zero-order chi connectivity index (χ0) is 19.6. The van der Waals surface area contributed by atoms with Crippen LogP contribution in [0.25, 0.3) is 0 Å². The smallest absolute Gasteiger partial charge is 0.290 e. The highest BCUT2D eigenvalue weighted by Gasteiger charge is 2.25. The van der Waals surface area contributed by atoms with Crippen molar-refractivity contribution in [3.05, 3.63) is 47.4 Å². The number of carboxylic acid groups (broad SMARTS) is 1. The second kappa shape index (κ2) is 10.0. The van der Waals surface area contributed by atoms with Gasteiger partial charge in [-0.05, 0) is 18.1 Å². The molecular weight excluding hydrogens is 352 g/mol. The molecule has 3 rings (SSSR count). The number of oxazole rings is 1. The molecule has 2 aromatic heterocycles. The van der Waals surface area contributed by atoms with Crippen LogP contribution in [0, 0.1) is 0 Å². The Balaban J connectivity index is 0.000000817. The summed E-state index contributed by atoms with van der Waals surface area (Å²) in [5.74, 6) is 1.25. The number of carbonyl (C=O) groups excluding carboxylic acids is 2. The monoisotopic (exact) mass is 374 g/mol. The van der Waals surface area contributed by atoms with E-state index in [1.165, 1.54) is 6.92 Å². The molecule has 0 saturated carbocycles. The first-order valence-electron chi connectivity index (χ1n) is 8.50. The van der Waals surface area contributed by atoms with Gasteiger partial charge in [0.25, 0.3) is 6.47 Å². The number of carbonyl (C=O) groups is 3. The van der Waals surface area contributed by atoms with Gasteiger partial charge in [0.2, 0.25) is 11.8 Å². The third-order valence-electron chi connectivity index (χ3n) is 3.96. The Labute approximate surface area is 156 Å². The van der Waals surface area contributed by atoms with Crippen molar-refractivity contribution in [3.63, 3.8) is 0 Å². The highest BCUT2D eigenvalue weighted by molar-refractivity contribution is 5.83. The summed E-state index contributed by atoms with van der Waals surface area (Å²) in [6, 6.07) is 3.94. The average Bonchev–Trinajstić information content (AvgIpc) is 3.08. The van der Waals surface area contributed by atoms with Crippen LogP contribution in [0.5, 0.6) is 0 Å². The van der Waals surface area contributed by atoms with Gasteiger partial charge in [-0.25, -0.2) is 4.98 Å². The molecule has 1 aliphatic rings. The lowest BCUT2D eigenvalue weighted by molar-refractivity contribution is -0.133. The molecule has 0 spiro atoms. The predicted molar refractivity (Wildman–Crippen MR) is 94.6 cm³/mol. The van der Waals surface area contributed by atoms with Crippen molar-refractivity contribution >= 4 is 18.3 Å². The maximum atomic E-state index is 12.1. The maximum Gasteiger partial charge on any atom is 0.290 e. The van der Waals surface area contributed by atoms with Gasteiger partial charge in [-0.2, -0.15) is 0 Å². The molecule has 0 aromatic carbocycles. The first kappa shape index (κ1) is 20.1. The van der Waals surface area contributed by atoms with E-state index >= 15 is 0 Å². The Hall–Kier alpha value is -3.23. The van der Waals surface area contributed by atoms with E-state index < -0.39 is 0 Å². The Morgan fingerprint density at radius 1 is 1.41 bits per heavy atom. The fourth-order valence-corrected chi connectivity index (χ4v) is 2.68. The number of hydrogen-bond acceptors (Lipinski definition) is 6. The Kier molecular flexibility index (Phi) is 7.48. The number of pyridine rings is 1. The number of nitrogens with one attached hydrogen (secondary N) is 1. The molecule has 0 fully saturated rings. The van der Waals surface area contributed by atoms with Gasteiger partial charge in [-0.15, -0.1) is 0 Å². The van der Waals surface area contributed by atoms with E-state index in [4.69, 9.17) is 14.3 Å². The van der Waals surface area contributed by atoms with Gasteiger partial charge in [-0.3, -0.25) is 19.4 Å². The van der Waals surface area contributed by atoms with Crippen molar-refractivity contribution in [2.75, 3.05) is 13.1 Å². The lowest BCUT2D eigenvalue weighted by Gasteiger charge is -2.25. The minimum Gasteiger partial charge on any atom is -0.483 e. The summed E-state index contributed by atoms with van der Waals surface area (Å²) in [6.07, 6.45) is 5.77. The van der Waals surface area contributed by atoms with Crippen molar-refractivity contribution in [1.29, 1.82) is 0 Å². The Morgan fingerprint density at radius 3 is 2.85 bits per heavy atom. The Morgan fingerprint density at radius 2 is 2.19 bits per heavy atom. The number of aryl methyl sites for hydroxylation is 2. The molecule has 2 amide bonds. The third kappa shape index (κ3) is 6.21. The van der Waals surface area contributed by atoms with E-state index in [2.05, 4.69) is 15.3 Å². The summed E-state index contributed by atoms with van der Waals surface area (Å²) >= 11 is 0. The van der Waals surface area contributed by atoms with Gasteiger partial charge in [0.05, 0.1) is 13.1 Å². The summed E-state index contributed by atoms with van der Waals surface area (Å²) in [7, 11) is 0. The number of nitrogens with zero attached hydrogens (tertiary/aromatic N) is 3. The summed E-state index contributed by atoms with van der Waals surface area (Å²) in [5, 5.41) is 9.42. The van der Waals surface area contributed by atoms with Gasteiger partial charge in [0.1, 0.15) is 11.5 Å².